The fourth-order valence-corrected chi connectivity index (χ4v) is 1.74. The smallest absolute Gasteiger partial charge is 0.113 e. The van der Waals surface area contributed by atoms with Crippen LogP contribution in [0.25, 0.3) is 5.52 Å². The molecular formula is C11H15N3O. The van der Waals surface area contributed by atoms with E-state index in [1.807, 2.05) is 28.8 Å². The second-order valence-corrected chi connectivity index (χ2v) is 3.51. The molecule has 80 valence electrons. The van der Waals surface area contributed by atoms with Gasteiger partial charge in [-0.05, 0) is 12.1 Å². The number of aliphatic hydroxyl groups is 1. The first kappa shape index (κ1) is 10.1. The Morgan fingerprint density at radius 3 is 3.00 bits per heavy atom. The molecule has 0 spiro atoms. The summed E-state index contributed by atoms with van der Waals surface area (Å²) < 4.78 is 2.02. The van der Waals surface area contributed by atoms with E-state index in [1.54, 1.807) is 0 Å². The monoisotopic (exact) mass is 205 g/mol. The van der Waals surface area contributed by atoms with Crippen molar-refractivity contribution in [3.05, 3.63) is 35.9 Å². The molecule has 4 nitrogen and oxygen atoms in total. The van der Waals surface area contributed by atoms with Crippen LogP contribution in [0.15, 0.2) is 24.4 Å². The maximum atomic E-state index is 9.06. The zero-order valence-corrected chi connectivity index (χ0v) is 8.72. The summed E-state index contributed by atoms with van der Waals surface area (Å²) in [5, 5.41) is 9.06. The Morgan fingerprint density at radius 1 is 1.53 bits per heavy atom. The number of nitrogens with zero attached hydrogens (tertiary/aromatic N) is 2. The number of imidazole rings is 1. The lowest BCUT2D eigenvalue weighted by Crippen LogP contribution is -2.15. The van der Waals surface area contributed by atoms with Crippen molar-refractivity contribution in [3.8, 4) is 0 Å². The first-order valence-electron chi connectivity index (χ1n) is 5.10. The molecule has 0 radical (unpaired) electrons. The van der Waals surface area contributed by atoms with Crippen LogP contribution in [0, 0.1) is 0 Å². The highest BCUT2D eigenvalue weighted by molar-refractivity contribution is 5.54. The SMILES string of the molecule is CCc1nc(C(N)CO)c2ccccn12. The lowest BCUT2D eigenvalue weighted by Gasteiger charge is -2.04. The van der Waals surface area contributed by atoms with Crippen molar-refractivity contribution in [2.24, 2.45) is 5.73 Å². The summed E-state index contributed by atoms with van der Waals surface area (Å²) in [6.45, 7) is 1.97. The molecule has 0 aliphatic carbocycles. The molecule has 3 N–H and O–H groups in total. The van der Waals surface area contributed by atoms with Crippen LogP contribution in [-0.2, 0) is 6.42 Å². The van der Waals surface area contributed by atoms with Crippen LogP contribution in [0.3, 0.4) is 0 Å². The number of hydrogen-bond acceptors (Lipinski definition) is 3. The second-order valence-electron chi connectivity index (χ2n) is 3.51. The van der Waals surface area contributed by atoms with E-state index in [1.165, 1.54) is 0 Å². The third-order valence-corrected chi connectivity index (χ3v) is 2.51. The molecule has 2 rings (SSSR count). The standard InChI is InChI=1S/C11H15N3O/c1-2-10-13-11(8(12)7-15)9-5-3-4-6-14(9)10/h3-6,8,15H,2,7,12H2,1H3. The largest absolute Gasteiger partial charge is 0.394 e. The third-order valence-electron chi connectivity index (χ3n) is 2.51. The predicted molar refractivity (Wildman–Crippen MR) is 58.6 cm³/mol. The van der Waals surface area contributed by atoms with Crippen LogP contribution in [-0.4, -0.2) is 21.1 Å². The van der Waals surface area contributed by atoms with Gasteiger partial charge in [0, 0.05) is 12.6 Å². The van der Waals surface area contributed by atoms with E-state index in [0.717, 1.165) is 23.5 Å². The maximum Gasteiger partial charge on any atom is 0.113 e. The molecule has 0 bridgehead atoms. The van der Waals surface area contributed by atoms with E-state index >= 15 is 0 Å². The van der Waals surface area contributed by atoms with Gasteiger partial charge >= 0.3 is 0 Å². The summed E-state index contributed by atoms with van der Waals surface area (Å²) in [6, 6.07) is 5.48. The number of aliphatic hydroxyl groups excluding tert-OH is 1. The van der Waals surface area contributed by atoms with E-state index in [0.29, 0.717) is 0 Å². The van der Waals surface area contributed by atoms with E-state index < -0.39 is 6.04 Å². The fraction of sp³-hybridized carbons (Fsp3) is 0.364. The van der Waals surface area contributed by atoms with Gasteiger partial charge in [-0.2, -0.15) is 0 Å². The van der Waals surface area contributed by atoms with Gasteiger partial charge in [-0.1, -0.05) is 13.0 Å². The van der Waals surface area contributed by atoms with Crippen molar-refractivity contribution < 1.29 is 5.11 Å². The number of nitrogens with two attached hydrogens (primary N) is 1. The Balaban J connectivity index is 2.65. The quantitative estimate of drug-likeness (QED) is 0.782. The molecule has 1 unspecified atom stereocenters. The molecular weight excluding hydrogens is 190 g/mol. The summed E-state index contributed by atoms with van der Waals surface area (Å²) in [6.07, 6.45) is 2.82. The van der Waals surface area contributed by atoms with E-state index in [4.69, 9.17) is 10.8 Å². The zero-order valence-electron chi connectivity index (χ0n) is 8.72. The minimum absolute atomic E-state index is 0.0786. The molecule has 0 aliphatic heterocycles. The van der Waals surface area contributed by atoms with Crippen LogP contribution >= 0.6 is 0 Å². The molecule has 2 aromatic heterocycles. The van der Waals surface area contributed by atoms with Crippen LogP contribution in [0.2, 0.25) is 0 Å². The van der Waals surface area contributed by atoms with Gasteiger partial charge in [0.1, 0.15) is 5.82 Å². The summed E-state index contributed by atoms with van der Waals surface area (Å²) in [5.41, 5.74) is 7.56. The molecule has 2 aromatic rings. The van der Waals surface area contributed by atoms with Crippen LogP contribution < -0.4 is 5.73 Å². The Hall–Kier alpha value is -1.39. The van der Waals surface area contributed by atoms with Crippen molar-refractivity contribution in [2.45, 2.75) is 19.4 Å². The molecule has 2 heterocycles. The number of aryl methyl sites for hydroxylation is 1. The molecule has 0 fully saturated rings. The van der Waals surface area contributed by atoms with Crippen molar-refractivity contribution in [1.29, 1.82) is 0 Å². The summed E-state index contributed by atoms with van der Waals surface area (Å²) >= 11 is 0. The number of fused-ring (bicyclic) bond motifs is 1. The first-order chi connectivity index (χ1) is 7.27. The molecule has 4 heteroatoms. The third kappa shape index (κ3) is 1.62. The molecule has 0 saturated carbocycles. The number of rotatable bonds is 3. The van der Waals surface area contributed by atoms with E-state index in [2.05, 4.69) is 11.9 Å². The molecule has 0 amide bonds. The average molecular weight is 205 g/mol. The van der Waals surface area contributed by atoms with Crippen molar-refractivity contribution >= 4 is 5.52 Å². The molecule has 0 aliphatic rings. The topological polar surface area (TPSA) is 63.5 Å². The van der Waals surface area contributed by atoms with Crippen LogP contribution in [0.4, 0.5) is 0 Å². The summed E-state index contributed by atoms with van der Waals surface area (Å²) in [5.74, 6) is 0.976. The van der Waals surface area contributed by atoms with E-state index in [-0.39, 0.29) is 6.61 Å². The normalized spacial score (nSPS) is 13.3. The maximum absolute atomic E-state index is 9.06. The fourth-order valence-electron chi connectivity index (χ4n) is 1.74. The lowest BCUT2D eigenvalue weighted by atomic mass is 10.2. The minimum Gasteiger partial charge on any atom is -0.394 e. The molecule has 1 atom stereocenters. The van der Waals surface area contributed by atoms with Gasteiger partial charge in [0.05, 0.1) is 23.9 Å². The Kier molecular flexibility index (Phi) is 2.70. The Morgan fingerprint density at radius 2 is 2.33 bits per heavy atom. The average Bonchev–Trinajstić information content (AvgIpc) is 2.67. The van der Waals surface area contributed by atoms with Gasteiger partial charge in [0.15, 0.2) is 0 Å². The van der Waals surface area contributed by atoms with Crippen molar-refractivity contribution in [3.63, 3.8) is 0 Å². The van der Waals surface area contributed by atoms with Gasteiger partial charge in [-0.3, -0.25) is 0 Å². The second kappa shape index (κ2) is 4.00. The summed E-state index contributed by atoms with van der Waals surface area (Å²) in [4.78, 5) is 4.46. The minimum atomic E-state index is -0.400. The Bertz CT molecular complexity index is 464. The van der Waals surface area contributed by atoms with E-state index in [9.17, 15) is 0 Å². The summed E-state index contributed by atoms with van der Waals surface area (Å²) in [7, 11) is 0. The number of pyridine rings is 1. The van der Waals surface area contributed by atoms with Gasteiger partial charge < -0.3 is 15.2 Å². The number of aromatic nitrogens is 2. The van der Waals surface area contributed by atoms with Gasteiger partial charge in [-0.15, -0.1) is 0 Å². The lowest BCUT2D eigenvalue weighted by molar-refractivity contribution is 0.266. The van der Waals surface area contributed by atoms with Crippen LogP contribution in [0.1, 0.15) is 24.5 Å². The number of hydrogen-bond donors (Lipinski definition) is 2. The van der Waals surface area contributed by atoms with Gasteiger partial charge in [0.25, 0.3) is 0 Å². The van der Waals surface area contributed by atoms with Crippen LogP contribution in [0.5, 0.6) is 0 Å². The highest BCUT2D eigenvalue weighted by Crippen LogP contribution is 2.18. The molecule has 0 aromatic carbocycles. The van der Waals surface area contributed by atoms with Crippen molar-refractivity contribution in [2.75, 3.05) is 6.61 Å². The first-order valence-corrected chi connectivity index (χ1v) is 5.10. The predicted octanol–water partition coefficient (Wildman–Crippen LogP) is 0.889. The Labute approximate surface area is 88.4 Å². The molecule has 0 saturated heterocycles. The van der Waals surface area contributed by atoms with Crippen molar-refractivity contribution in [1.82, 2.24) is 9.38 Å². The van der Waals surface area contributed by atoms with Gasteiger partial charge in [0.2, 0.25) is 0 Å². The highest BCUT2D eigenvalue weighted by atomic mass is 16.3. The van der Waals surface area contributed by atoms with Gasteiger partial charge in [-0.25, -0.2) is 4.98 Å². The zero-order chi connectivity index (χ0) is 10.8. The molecule has 15 heavy (non-hydrogen) atoms. The highest BCUT2D eigenvalue weighted by Gasteiger charge is 2.14.